The van der Waals surface area contributed by atoms with E-state index in [1.54, 1.807) is 12.2 Å². The third-order valence-electron chi connectivity index (χ3n) is 2.52. The van der Waals surface area contributed by atoms with Crippen LogP contribution in [-0.4, -0.2) is 22.3 Å². The zero-order valence-electron chi connectivity index (χ0n) is 12.4. The molecule has 8 heteroatoms. The fourth-order valence-electron chi connectivity index (χ4n) is 1.47. The lowest BCUT2D eigenvalue weighted by atomic mass is 10.3. The standard InChI is InChI=1S/2C7H9NO2S/c2*1-2-3-4-5-6(9)8-7(10)11-5/h2*4H,2-3H2,1H3,(H,8,9,10)/b5-4+;5-4-. The molecule has 0 aromatic rings. The fourth-order valence-corrected chi connectivity index (χ4v) is 2.85. The molecule has 0 aliphatic carbocycles. The Hall–Kier alpha value is -1.54. The van der Waals surface area contributed by atoms with Crippen LogP contribution < -0.4 is 10.6 Å². The van der Waals surface area contributed by atoms with Gasteiger partial charge in [-0.1, -0.05) is 38.8 Å². The first-order valence-electron chi connectivity index (χ1n) is 6.94. The van der Waals surface area contributed by atoms with Gasteiger partial charge in [-0.05, 0) is 36.4 Å². The van der Waals surface area contributed by atoms with Gasteiger partial charge in [0.2, 0.25) is 0 Å². The summed E-state index contributed by atoms with van der Waals surface area (Å²) in [6.07, 6.45) is 7.28. The summed E-state index contributed by atoms with van der Waals surface area (Å²) in [7, 11) is 0. The molecule has 4 amide bonds. The lowest BCUT2D eigenvalue weighted by molar-refractivity contribution is -0.116. The molecule has 22 heavy (non-hydrogen) atoms. The molecule has 0 atom stereocenters. The molecular formula is C14H18N2O4S2. The summed E-state index contributed by atoms with van der Waals surface area (Å²) in [6.45, 7) is 4.05. The zero-order chi connectivity index (χ0) is 16.5. The van der Waals surface area contributed by atoms with Crippen molar-refractivity contribution in [3.05, 3.63) is 22.0 Å². The molecular weight excluding hydrogens is 324 g/mol. The summed E-state index contributed by atoms with van der Waals surface area (Å²) in [6, 6.07) is 0. The molecule has 0 saturated carbocycles. The van der Waals surface area contributed by atoms with Crippen LogP contribution in [0.3, 0.4) is 0 Å². The van der Waals surface area contributed by atoms with Crippen LogP contribution in [0, 0.1) is 0 Å². The predicted molar refractivity (Wildman–Crippen MR) is 88.2 cm³/mol. The summed E-state index contributed by atoms with van der Waals surface area (Å²) in [5.41, 5.74) is 0. The summed E-state index contributed by atoms with van der Waals surface area (Å²) in [5, 5.41) is 3.85. The number of hydrogen-bond acceptors (Lipinski definition) is 6. The molecule has 2 N–H and O–H groups in total. The van der Waals surface area contributed by atoms with Gasteiger partial charge >= 0.3 is 0 Å². The molecule has 2 aliphatic rings. The molecule has 2 rings (SSSR count). The van der Waals surface area contributed by atoms with E-state index in [9.17, 15) is 19.2 Å². The maximum Gasteiger partial charge on any atom is 0.290 e. The molecule has 0 bridgehead atoms. The highest BCUT2D eigenvalue weighted by Crippen LogP contribution is 2.24. The van der Waals surface area contributed by atoms with Gasteiger partial charge in [-0.15, -0.1) is 0 Å². The quantitative estimate of drug-likeness (QED) is 0.762. The Kier molecular flexibility index (Phi) is 7.97. The fraction of sp³-hybridized carbons (Fsp3) is 0.429. The number of carbonyl (C=O) groups is 4. The average Bonchev–Trinajstić information content (AvgIpc) is 2.96. The van der Waals surface area contributed by atoms with Crippen molar-refractivity contribution in [2.45, 2.75) is 39.5 Å². The van der Waals surface area contributed by atoms with E-state index < -0.39 is 0 Å². The van der Waals surface area contributed by atoms with Crippen LogP contribution in [-0.2, 0) is 9.59 Å². The van der Waals surface area contributed by atoms with Gasteiger partial charge < -0.3 is 0 Å². The molecule has 0 aromatic carbocycles. The molecule has 0 unspecified atom stereocenters. The van der Waals surface area contributed by atoms with E-state index in [0.717, 1.165) is 49.2 Å². The van der Waals surface area contributed by atoms with Crippen molar-refractivity contribution in [3.8, 4) is 0 Å². The first-order chi connectivity index (χ1) is 10.5. The van der Waals surface area contributed by atoms with E-state index in [-0.39, 0.29) is 22.3 Å². The number of hydrogen-bond donors (Lipinski definition) is 2. The molecule has 2 saturated heterocycles. The van der Waals surface area contributed by atoms with E-state index in [1.165, 1.54) is 0 Å². The third-order valence-corrected chi connectivity index (χ3v) is 4.24. The largest absolute Gasteiger partial charge is 0.290 e. The topological polar surface area (TPSA) is 92.3 Å². The Morgan fingerprint density at radius 3 is 1.36 bits per heavy atom. The van der Waals surface area contributed by atoms with E-state index in [2.05, 4.69) is 10.6 Å². The Morgan fingerprint density at radius 1 is 0.773 bits per heavy atom. The Morgan fingerprint density at radius 2 is 1.14 bits per heavy atom. The van der Waals surface area contributed by atoms with Gasteiger partial charge in [0.1, 0.15) is 0 Å². The van der Waals surface area contributed by atoms with Crippen molar-refractivity contribution in [1.82, 2.24) is 10.6 Å². The average molecular weight is 342 g/mol. The summed E-state index contributed by atoms with van der Waals surface area (Å²) >= 11 is 1.95. The van der Waals surface area contributed by atoms with Crippen molar-refractivity contribution < 1.29 is 19.2 Å². The minimum absolute atomic E-state index is 0.256. The number of imide groups is 2. The number of rotatable bonds is 4. The van der Waals surface area contributed by atoms with Crippen molar-refractivity contribution in [2.24, 2.45) is 0 Å². The number of allylic oxidation sites excluding steroid dienone is 2. The van der Waals surface area contributed by atoms with Gasteiger partial charge in [-0.2, -0.15) is 0 Å². The van der Waals surface area contributed by atoms with Crippen molar-refractivity contribution in [1.29, 1.82) is 0 Å². The van der Waals surface area contributed by atoms with Gasteiger partial charge in [0.05, 0.1) is 9.81 Å². The Balaban J connectivity index is 0.000000220. The van der Waals surface area contributed by atoms with Gasteiger partial charge in [0.25, 0.3) is 22.3 Å². The lowest BCUT2D eigenvalue weighted by Gasteiger charge is -1.87. The van der Waals surface area contributed by atoms with E-state index in [0.29, 0.717) is 9.81 Å². The van der Waals surface area contributed by atoms with Crippen molar-refractivity contribution >= 4 is 45.8 Å². The van der Waals surface area contributed by atoms with E-state index in [1.807, 2.05) is 13.8 Å². The summed E-state index contributed by atoms with van der Waals surface area (Å²) in [4.78, 5) is 44.1. The molecule has 0 radical (unpaired) electrons. The van der Waals surface area contributed by atoms with Crippen molar-refractivity contribution in [3.63, 3.8) is 0 Å². The van der Waals surface area contributed by atoms with Gasteiger partial charge in [0, 0.05) is 0 Å². The van der Waals surface area contributed by atoms with Gasteiger partial charge in [0.15, 0.2) is 0 Å². The SMILES string of the molecule is CCC/C=C1/SC(=O)NC1=O.CCC/C=C1\SC(=O)NC1=O. The number of nitrogens with one attached hydrogen (secondary N) is 2. The highest BCUT2D eigenvalue weighted by atomic mass is 32.2. The molecule has 0 aromatic heterocycles. The van der Waals surface area contributed by atoms with Crippen LogP contribution in [0.25, 0.3) is 0 Å². The minimum atomic E-state index is -0.266. The highest BCUT2D eigenvalue weighted by Gasteiger charge is 2.24. The molecule has 6 nitrogen and oxygen atoms in total. The predicted octanol–water partition coefficient (Wildman–Crippen LogP) is 3.31. The first-order valence-corrected chi connectivity index (χ1v) is 8.57. The van der Waals surface area contributed by atoms with Crippen LogP contribution in [0.4, 0.5) is 9.59 Å². The molecule has 120 valence electrons. The second-order valence-electron chi connectivity index (χ2n) is 4.40. The van der Waals surface area contributed by atoms with E-state index >= 15 is 0 Å². The smallest absolute Gasteiger partial charge is 0.282 e. The van der Waals surface area contributed by atoms with Crippen LogP contribution in [0.2, 0.25) is 0 Å². The van der Waals surface area contributed by atoms with Crippen LogP contribution in [0.5, 0.6) is 0 Å². The molecule has 2 aliphatic heterocycles. The van der Waals surface area contributed by atoms with Crippen LogP contribution in [0.1, 0.15) is 39.5 Å². The number of unbranched alkanes of at least 4 members (excludes halogenated alkanes) is 2. The maximum absolute atomic E-state index is 10.9. The number of carbonyl (C=O) groups excluding carboxylic acids is 4. The number of amides is 4. The lowest BCUT2D eigenvalue weighted by Crippen LogP contribution is -2.17. The highest BCUT2D eigenvalue weighted by molar-refractivity contribution is 8.18. The van der Waals surface area contributed by atoms with Crippen LogP contribution in [0.15, 0.2) is 22.0 Å². The second-order valence-corrected chi connectivity index (χ2v) is 6.43. The van der Waals surface area contributed by atoms with E-state index in [4.69, 9.17) is 0 Å². The minimum Gasteiger partial charge on any atom is -0.282 e. The van der Waals surface area contributed by atoms with Crippen LogP contribution >= 0.6 is 23.5 Å². The third kappa shape index (κ3) is 6.07. The number of thioether (sulfide) groups is 2. The molecule has 2 heterocycles. The Labute approximate surface area is 137 Å². The second kappa shape index (κ2) is 9.47. The Bertz CT molecular complexity index is 493. The monoisotopic (exact) mass is 342 g/mol. The molecule has 0 spiro atoms. The maximum atomic E-state index is 10.9. The summed E-state index contributed by atoms with van der Waals surface area (Å²) < 4.78 is 0. The van der Waals surface area contributed by atoms with Gasteiger partial charge in [-0.25, -0.2) is 0 Å². The van der Waals surface area contributed by atoms with Gasteiger partial charge in [-0.3, -0.25) is 29.8 Å². The normalized spacial score (nSPS) is 21.0. The summed E-state index contributed by atoms with van der Waals surface area (Å²) in [5.74, 6) is -0.512. The zero-order valence-corrected chi connectivity index (χ0v) is 14.1. The van der Waals surface area contributed by atoms with Crippen molar-refractivity contribution in [2.75, 3.05) is 0 Å². The first kappa shape index (κ1) is 18.5. The molecule has 2 fully saturated rings.